The maximum atomic E-state index is 13.0. The number of carbonyl (C=O) groups is 2. The first-order valence-electron chi connectivity index (χ1n) is 9.80. The van der Waals surface area contributed by atoms with Crippen LogP contribution in [0.4, 0.5) is 0 Å². The van der Waals surface area contributed by atoms with Crippen LogP contribution in [0.15, 0.2) is 18.2 Å². The number of aromatic nitrogens is 2. The zero-order valence-electron chi connectivity index (χ0n) is 15.9. The molecule has 2 fully saturated rings. The monoisotopic (exact) mass is 422 g/mol. The molecule has 1 saturated heterocycles. The number of imidazole rings is 1. The lowest BCUT2D eigenvalue weighted by atomic mass is 10.1. The first-order valence-corrected chi connectivity index (χ1v) is 10.7. The molecule has 0 bridgehead atoms. The molecular weight excluding hydrogens is 399 g/mol. The molecular formula is C20H24Cl2N4O2. The lowest BCUT2D eigenvalue weighted by molar-refractivity contribution is -0.130. The smallest absolute Gasteiger partial charge is 0.255 e. The van der Waals surface area contributed by atoms with Gasteiger partial charge in [-0.15, -0.1) is 0 Å². The van der Waals surface area contributed by atoms with Gasteiger partial charge >= 0.3 is 0 Å². The van der Waals surface area contributed by atoms with E-state index in [1.807, 2.05) is 25.1 Å². The molecule has 0 spiro atoms. The predicted octanol–water partition coefficient (Wildman–Crippen LogP) is 3.55. The van der Waals surface area contributed by atoms with E-state index in [9.17, 15) is 9.59 Å². The minimum absolute atomic E-state index is 0.0147. The van der Waals surface area contributed by atoms with Gasteiger partial charge in [0.05, 0.1) is 11.0 Å². The first-order chi connectivity index (χ1) is 13.5. The van der Waals surface area contributed by atoms with Crippen LogP contribution in [-0.4, -0.2) is 62.2 Å². The van der Waals surface area contributed by atoms with Gasteiger partial charge in [0.15, 0.2) is 4.84 Å². The Hall–Kier alpha value is -1.79. The van der Waals surface area contributed by atoms with Gasteiger partial charge in [-0.25, -0.2) is 4.98 Å². The Morgan fingerprint density at radius 3 is 2.36 bits per heavy atom. The van der Waals surface area contributed by atoms with E-state index < -0.39 is 4.84 Å². The van der Waals surface area contributed by atoms with Crippen molar-refractivity contribution in [2.45, 2.75) is 43.5 Å². The fourth-order valence-electron chi connectivity index (χ4n) is 4.42. The predicted molar refractivity (Wildman–Crippen MR) is 110 cm³/mol. The van der Waals surface area contributed by atoms with Crippen LogP contribution >= 0.6 is 23.2 Å². The van der Waals surface area contributed by atoms with Gasteiger partial charge in [-0.3, -0.25) is 9.59 Å². The average molecular weight is 423 g/mol. The Balaban J connectivity index is 1.53. The van der Waals surface area contributed by atoms with E-state index in [2.05, 4.69) is 9.55 Å². The van der Waals surface area contributed by atoms with Crippen molar-refractivity contribution < 1.29 is 9.59 Å². The van der Waals surface area contributed by atoms with E-state index in [4.69, 9.17) is 23.2 Å². The molecule has 2 aliphatic rings. The van der Waals surface area contributed by atoms with E-state index in [1.54, 1.807) is 9.80 Å². The van der Waals surface area contributed by atoms with Crippen molar-refractivity contribution in [1.29, 1.82) is 0 Å². The Morgan fingerprint density at radius 1 is 1.07 bits per heavy atom. The summed E-state index contributed by atoms with van der Waals surface area (Å²) in [6, 6.07) is 6.23. The van der Waals surface area contributed by atoms with Crippen LogP contribution in [0.1, 0.15) is 47.9 Å². The summed E-state index contributed by atoms with van der Waals surface area (Å²) in [5.41, 5.74) is 2.64. The van der Waals surface area contributed by atoms with Gasteiger partial charge in [-0.1, -0.05) is 36.0 Å². The van der Waals surface area contributed by atoms with Crippen LogP contribution in [0.3, 0.4) is 0 Å². The van der Waals surface area contributed by atoms with E-state index in [0.717, 1.165) is 16.9 Å². The number of nitrogens with zero attached hydrogens (tertiary/aromatic N) is 4. The molecule has 0 atom stereocenters. The zero-order chi connectivity index (χ0) is 19.8. The standard InChI is InChI=1S/C20H24Cl2N4O2/c1-13-23-16-7-6-14(12-17(16)26(13)15-4-2-3-5-15)19(27)24-8-10-25(11-9-24)20(28)18(21)22/h6-7,12,15,18H,2-5,8-11H2,1H3. The summed E-state index contributed by atoms with van der Waals surface area (Å²) in [6.07, 6.45) is 4.83. The molecule has 150 valence electrons. The third-order valence-corrected chi connectivity index (χ3v) is 6.24. The van der Waals surface area contributed by atoms with Gasteiger partial charge in [0.25, 0.3) is 11.8 Å². The number of hydrogen-bond acceptors (Lipinski definition) is 3. The van der Waals surface area contributed by atoms with Gasteiger partial charge in [-0.2, -0.15) is 0 Å². The second kappa shape index (κ2) is 7.91. The molecule has 28 heavy (non-hydrogen) atoms. The molecule has 2 amide bonds. The lowest BCUT2D eigenvalue weighted by Crippen LogP contribution is -2.51. The highest BCUT2D eigenvalue weighted by atomic mass is 35.5. The van der Waals surface area contributed by atoms with E-state index >= 15 is 0 Å². The number of aryl methyl sites for hydroxylation is 1. The van der Waals surface area contributed by atoms with Crippen molar-refractivity contribution in [1.82, 2.24) is 19.4 Å². The summed E-state index contributed by atoms with van der Waals surface area (Å²) in [6.45, 7) is 3.88. The van der Waals surface area contributed by atoms with Crippen molar-refractivity contribution in [3.8, 4) is 0 Å². The van der Waals surface area contributed by atoms with Crippen molar-refractivity contribution >= 4 is 46.0 Å². The molecule has 1 saturated carbocycles. The second-order valence-corrected chi connectivity index (χ2v) is 8.69. The third kappa shape index (κ3) is 3.60. The number of benzene rings is 1. The van der Waals surface area contributed by atoms with E-state index in [1.165, 1.54) is 25.7 Å². The second-order valence-electron chi connectivity index (χ2n) is 7.59. The van der Waals surface area contributed by atoms with Crippen LogP contribution in [-0.2, 0) is 4.79 Å². The molecule has 0 N–H and O–H groups in total. The lowest BCUT2D eigenvalue weighted by Gasteiger charge is -2.35. The SMILES string of the molecule is Cc1nc2ccc(C(=O)N3CCN(C(=O)C(Cl)Cl)CC3)cc2n1C1CCCC1. The quantitative estimate of drug-likeness (QED) is 0.710. The van der Waals surface area contributed by atoms with Crippen LogP contribution in [0.5, 0.6) is 0 Å². The number of halogens is 2. The topological polar surface area (TPSA) is 58.4 Å². The molecule has 0 unspecified atom stereocenters. The minimum Gasteiger partial charge on any atom is -0.337 e. The fourth-order valence-corrected chi connectivity index (χ4v) is 4.70. The van der Waals surface area contributed by atoms with Crippen molar-refractivity contribution in [3.63, 3.8) is 0 Å². The van der Waals surface area contributed by atoms with Gasteiger partial charge in [0.2, 0.25) is 0 Å². The summed E-state index contributed by atoms with van der Waals surface area (Å²) >= 11 is 11.3. The highest BCUT2D eigenvalue weighted by molar-refractivity contribution is 6.53. The maximum absolute atomic E-state index is 13.0. The van der Waals surface area contributed by atoms with Gasteiger partial charge in [0.1, 0.15) is 5.82 Å². The van der Waals surface area contributed by atoms with Crippen LogP contribution in [0.25, 0.3) is 11.0 Å². The molecule has 2 aromatic rings. The van der Waals surface area contributed by atoms with Crippen molar-refractivity contribution in [3.05, 3.63) is 29.6 Å². The Morgan fingerprint density at radius 2 is 1.71 bits per heavy atom. The van der Waals surface area contributed by atoms with Gasteiger partial charge in [-0.05, 0) is 38.0 Å². The van der Waals surface area contributed by atoms with E-state index in [0.29, 0.717) is 37.8 Å². The summed E-state index contributed by atoms with van der Waals surface area (Å²) in [7, 11) is 0. The number of amides is 2. The number of alkyl halides is 2. The van der Waals surface area contributed by atoms with E-state index in [-0.39, 0.29) is 11.8 Å². The molecule has 1 aliphatic heterocycles. The number of rotatable bonds is 3. The van der Waals surface area contributed by atoms with Crippen LogP contribution in [0.2, 0.25) is 0 Å². The van der Waals surface area contributed by atoms with Crippen LogP contribution in [0, 0.1) is 6.92 Å². The largest absolute Gasteiger partial charge is 0.337 e. The molecule has 1 aromatic heterocycles. The summed E-state index contributed by atoms with van der Waals surface area (Å²) in [4.78, 5) is 32.0. The first kappa shape index (κ1) is 19.5. The van der Waals surface area contributed by atoms with Gasteiger partial charge < -0.3 is 14.4 Å². The average Bonchev–Trinajstić information content (AvgIpc) is 3.32. The number of carbonyl (C=O) groups excluding carboxylic acids is 2. The maximum Gasteiger partial charge on any atom is 0.255 e. The Bertz CT molecular complexity index is 897. The molecule has 2 heterocycles. The number of piperazine rings is 1. The molecule has 0 radical (unpaired) electrons. The van der Waals surface area contributed by atoms with Gasteiger partial charge in [0, 0.05) is 37.8 Å². The highest BCUT2D eigenvalue weighted by Crippen LogP contribution is 2.33. The third-order valence-electron chi connectivity index (χ3n) is 5.87. The van der Waals surface area contributed by atoms with Crippen LogP contribution < -0.4 is 0 Å². The number of hydrogen-bond donors (Lipinski definition) is 0. The fraction of sp³-hybridized carbons (Fsp3) is 0.550. The molecule has 8 heteroatoms. The summed E-state index contributed by atoms with van der Waals surface area (Å²) in [5, 5.41) is 0. The van der Waals surface area contributed by atoms with Crippen molar-refractivity contribution in [2.75, 3.05) is 26.2 Å². The zero-order valence-corrected chi connectivity index (χ0v) is 17.4. The Kier molecular flexibility index (Phi) is 5.52. The molecule has 4 rings (SSSR count). The molecule has 1 aromatic carbocycles. The molecule has 1 aliphatic carbocycles. The normalized spacial score (nSPS) is 18.4. The molecule has 6 nitrogen and oxygen atoms in total. The summed E-state index contributed by atoms with van der Waals surface area (Å²) in [5.74, 6) is 0.697. The number of fused-ring (bicyclic) bond motifs is 1. The highest BCUT2D eigenvalue weighted by Gasteiger charge is 2.28. The Labute approximate surface area is 174 Å². The summed E-state index contributed by atoms with van der Waals surface area (Å²) < 4.78 is 2.30. The minimum atomic E-state index is -1.05. The van der Waals surface area contributed by atoms with Crippen molar-refractivity contribution in [2.24, 2.45) is 0 Å².